The van der Waals surface area contributed by atoms with Gasteiger partial charge in [0.1, 0.15) is 11.3 Å². The van der Waals surface area contributed by atoms with Crippen molar-refractivity contribution < 1.29 is 18.7 Å². The predicted molar refractivity (Wildman–Crippen MR) is 104 cm³/mol. The van der Waals surface area contributed by atoms with Crippen LogP contribution in [-0.4, -0.2) is 35.4 Å². The van der Waals surface area contributed by atoms with Crippen molar-refractivity contribution in [3.63, 3.8) is 0 Å². The van der Waals surface area contributed by atoms with Crippen molar-refractivity contribution in [1.82, 2.24) is 9.88 Å². The number of aromatic nitrogens is 1. The van der Waals surface area contributed by atoms with Crippen LogP contribution in [0.5, 0.6) is 5.75 Å². The number of ether oxygens (including phenoxy) is 1. The number of hydrogen-bond donors (Lipinski definition) is 1. The predicted octanol–water partition coefficient (Wildman–Crippen LogP) is 3.48. The van der Waals surface area contributed by atoms with Crippen molar-refractivity contribution in [3.8, 4) is 5.75 Å². The number of carbonyl (C=O) groups excluding carboxylic acids is 2. The Kier molecular flexibility index (Phi) is 4.92. The first-order valence-corrected chi connectivity index (χ1v) is 9.17. The minimum Gasteiger partial charge on any atom is -0.497 e. The highest BCUT2D eigenvalue weighted by atomic mass is 35.5. The third kappa shape index (κ3) is 3.80. The van der Waals surface area contributed by atoms with Crippen LogP contribution in [0.25, 0.3) is 11.1 Å². The Morgan fingerprint density at radius 1 is 1.32 bits per heavy atom. The number of benzene rings is 2. The topological polar surface area (TPSA) is 84.7 Å². The molecule has 0 aliphatic carbocycles. The Hall–Kier alpha value is -3.06. The summed E-state index contributed by atoms with van der Waals surface area (Å²) >= 11 is 5.93. The van der Waals surface area contributed by atoms with E-state index >= 15 is 0 Å². The standard InChI is InChI=1S/C20H18ClN3O4/c1-27-15-5-2-12(3-6-15)10-24-11-13(8-18(24)25)19(26)23-20-22-16-7-4-14(21)9-17(16)28-20/h2-7,9,13H,8,10-11H2,1H3,(H,22,23,26). The van der Waals surface area contributed by atoms with Gasteiger partial charge in [-0.3, -0.25) is 14.9 Å². The van der Waals surface area contributed by atoms with Gasteiger partial charge in [0, 0.05) is 30.6 Å². The lowest BCUT2D eigenvalue weighted by atomic mass is 10.1. The lowest BCUT2D eigenvalue weighted by molar-refractivity contribution is -0.128. The van der Waals surface area contributed by atoms with E-state index in [1.807, 2.05) is 24.3 Å². The summed E-state index contributed by atoms with van der Waals surface area (Å²) in [5.74, 6) is -0.0405. The molecule has 4 rings (SSSR count). The molecule has 0 bridgehead atoms. The minimum atomic E-state index is -0.454. The molecule has 1 aliphatic heterocycles. The number of oxazole rings is 1. The van der Waals surface area contributed by atoms with E-state index in [-0.39, 0.29) is 24.2 Å². The number of amides is 2. The Morgan fingerprint density at radius 3 is 2.86 bits per heavy atom. The van der Waals surface area contributed by atoms with Crippen LogP contribution in [0.3, 0.4) is 0 Å². The molecule has 144 valence electrons. The SMILES string of the molecule is COc1ccc(CN2CC(C(=O)Nc3nc4ccc(Cl)cc4o3)CC2=O)cc1. The molecular formula is C20H18ClN3O4. The van der Waals surface area contributed by atoms with E-state index < -0.39 is 5.92 Å². The molecule has 1 saturated heterocycles. The molecule has 28 heavy (non-hydrogen) atoms. The Bertz CT molecular complexity index is 1030. The number of likely N-dealkylation sites (tertiary alicyclic amines) is 1. The van der Waals surface area contributed by atoms with Crippen molar-refractivity contribution in [2.24, 2.45) is 5.92 Å². The van der Waals surface area contributed by atoms with Crippen molar-refractivity contribution >= 4 is 40.5 Å². The molecule has 2 aromatic carbocycles. The number of methoxy groups -OCH3 is 1. The van der Waals surface area contributed by atoms with Gasteiger partial charge in [0.2, 0.25) is 11.8 Å². The molecule has 1 unspecified atom stereocenters. The van der Waals surface area contributed by atoms with Crippen LogP contribution in [0.4, 0.5) is 6.01 Å². The average Bonchev–Trinajstić information content (AvgIpc) is 3.25. The fraction of sp³-hybridized carbons (Fsp3) is 0.250. The molecule has 1 aromatic heterocycles. The first-order valence-electron chi connectivity index (χ1n) is 8.79. The van der Waals surface area contributed by atoms with E-state index in [2.05, 4.69) is 10.3 Å². The first kappa shape index (κ1) is 18.3. The van der Waals surface area contributed by atoms with E-state index in [1.54, 1.807) is 30.2 Å². The molecule has 2 heterocycles. The van der Waals surface area contributed by atoms with Crippen LogP contribution in [0.15, 0.2) is 46.9 Å². The quantitative estimate of drug-likeness (QED) is 0.710. The highest BCUT2D eigenvalue weighted by Crippen LogP contribution is 2.25. The van der Waals surface area contributed by atoms with Gasteiger partial charge in [0.25, 0.3) is 0 Å². The number of nitrogens with zero attached hydrogens (tertiary/aromatic N) is 2. The molecule has 1 aliphatic rings. The van der Waals surface area contributed by atoms with E-state index in [0.29, 0.717) is 29.2 Å². The number of carbonyl (C=O) groups is 2. The van der Waals surface area contributed by atoms with Gasteiger partial charge in [-0.1, -0.05) is 23.7 Å². The van der Waals surface area contributed by atoms with Crippen LogP contribution in [0.1, 0.15) is 12.0 Å². The maximum absolute atomic E-state index is 12.6. The molecule has 0 saturated carbocycles. The van der Waals surface area contributed by atoms with Gasteiger partial charge < -0.3 is 14.1 Å². The molecule has 8 heteroatoms. The molecule has 3 aromatic rings. The maximum Gasteiger partial charge on any atom is 0.302 e. The lowest BCUT2D eigenvalue weighted by Gasteiger charge is -2.16. The molecule has 0 spiro atoms. The summed E-state index contributed by atoms with van der Waals surface area (Å²) in [6.45, 7) is 0.802. The molecule has 1 N–H and O–H groups in total. The molecule has 0 radical (unpaired) electrons. The van der Waals surface area contributed by atoms with E-state index in [1.165, 1.54) is 0 Å². The summed E-state index contributed by atoms with van der Waals surface area (Å²) in [4.78, 5) is 30.8. The normalized spacial score (nSPS) is 16.6. The number of anilines is 1. The average molecular weight is 400 g/mol. The molecule has 7 nitrogen and oxygen atoms in total. The summed E-state index contributed by atoms with van der Waals surface area (Å²) in [5, 5.41) is 3.18. The van der Waals surface area contributed by atoms with Crippen LogP contribution < -0.4 is 10.1 Å². The second-order valence-electron chi connectivity index (χ2n) is 6.64. The van der Waals surface area contributed by atoms with Gasteiger partial charge in [-0.05, 0) is 29.8 Å². The molecular weight excluding hydrogens is 382 g/mol. The molecule has 1 atom stereocenters. The zero-order chi connectivity index (χ0) is 19.7. The summed E-state index contributed by atoms with van der Waals surface area (Å²) < 4.78 is 10.7. The zero-order valence-electron chi connectivity index (χ0n) is 15.1. The third-order valence-corrected chi connectivity index (χ3v) is 4.93. The molecule has 1 fully saturated rings. The zero-order valence-corrected chi connectivity index (χ0v) is 15.9. The maximum atomic E-state index is 12.6. The van der Waals surface area contributed by atoms with Crippen LogP contribution >= 0.6 is 11.6 Å². The van der Waals surface area contributed by atoms with Crippen molar-refractivity contribution in [2.75, 3.05) is 19.0 Å². The largest absolute Gasteiger partial charge is 0.497 e. The van der Waals surface area contributed by atoms with Gasteiger partial charge in [0.15, 0.2) is 5.58 Å². The fourth-order valence-electron chi connectivity index (χ4n) is 3.21. The second kappa shape index (κ2) is 7.52. The van der Waals surface area contributed by atoms with Gasteiger partial charge in [-0.15, -0.1) is 0 Å². The minimum absolute atomic E-state index is 0.0553. The summed E-state index contributed by atoms with van der Waals surface area (Å²) in [7, 11) is 1.60. The van der Waals surface area contributed by atoms with Gasteiger partial charge in [-0.25, -0.2) is 0 Å². The van der Waals surface area contributed by atoms with Crippen molar-refractivity contribution in [1.29, 1.82) is 0 Å². The highest BCUT2D eigenvalue weighted by Gasteiger charge is 2.34. The number of nitrogens with one attached hydrogen (secondary N) is 1. The smallest absolute Gasteiger partial charge is 0.302 e. The Morgan fingerprint density at radius 2 is 2.11 bits per heavy atom. The van der Waals surface area contributed by atoms with Crippen LogP contribution in [0, 0.1) is 5.92 Å². The van der Waals surface area contributed by atoms with Crippen LogP contribution in [-0.2, 0) is 16.1 Å². The van der Waals surface area contributed by atoms with Crippen molar-refractivity contribution in [3.05, 3.63) is 53.1 Å². The van der Waals surface area contributed by atoms with E-state index in [0.717, 1.165) is 11.3 Å². The Balaban J connectivity index is 1.40. The van der Waals surface area contributed by atoms with Gasteiger partial charge in [0.05, 0.1) is 13.0 Å². The number of fused-ring (bicyclic) bond motifs is 1. The monoisotopic (exact) mass is 399 g/mol. The van der Waals surface area contributed by atoms with Gasteiger partial charge in [-0.2, -0.15) is 4.98 Å². The van der Waals surface area contributed by atoms with Crippen molar-refractivity contribution in [2.45, 2.75) is 13.0 Å². The number of rotatable bonds is 5. The van der Waals surface area contributed by atoms with E-state index in [4.69, 9.17) is 20.8 Å². The Labute approximate surface area is 166 Å². The summed E-state index contributed by atoms with van der Waals surface area (Å²) in [6, 6.07) is 12.7. The first-order chi connectivity index (χ1) is 13.5. The number of halogens is 1. The summed E-state index contributed by atoms with van der Waals surface area (Å²) in [6.07, 6.45) is 0.161. The lowest BCUT2D eigenvalue weighted by Crippen LogP contribution is -2.28. The third-order valence-electron chi connectivity index (χ3n) is 4.70. The summed E-state index contributed by atoms with van der Waals surface area (Å²) in [5.41, 5.74) is 2.07. The fourth-order valence-corrected chi connectivity index (χ4v) is 3.37. The van der Waals surface area contributed by atoms with E-state index in [9.17, 15) is 9.59 Å². The molecule has 2 amide bonds. The second-order valence-corrected chi connectivity index (χ2v) is 7.08. The number of hydrogen-bond acceptors (Lipinski definition) is 5. The van der Waals surface area contributed by atoms with Gasteiger partial charge >= 0.3 is 6.01 Å². The van der Waals surface area contributed by atoms with Crippen LogP contribution in [0.2, 0.25) is 5.02 Å². The highest BCUT2D eigenvalue weighted by molar-refractivity contribution is 6.31.